The zero-order chi connectivity index (χ0) is 21.3. The molecule has 0 bridgehead atoms. The van der Waals surface area contributed by atoms with Crippen molar-refractivity contribution in [3.8, 4) is 0 Å². The lowest BCUT2D eigenvalue weighted by Crippen LogP contribution is -2.53. The lowest BCUT2D eigenvalue weighted by Gasteiger charge is -2.35. The molecule has 1 aromatic carbocycles. The van der Waals surface area contributed by atoms with Crippen LogP contribution in [0.4, 0.5) is 4.79 Å². The highest BCUT2D eigenvalue weighted by molar-refractivity contribution is 6.08. The van der Waals surface area contributed by atoms with Crippen molar-refractivity contribution in [2.24, 2.45) is 5.92 Å². The van der Waals surface area contributed by atoms with Crippen LogP contribution in [0.2, 0.25) is 0 Å². The number of nitrogens with one attached hydrogen (secondary N) is 1. The van der Waals surface area contributed by atoms with Crippen molar-refractivity contribution in [1.29, 1.82) is 0 Å². The summed E-state index contributed by atoms with van der Waals surface area (Å²) in [6, 6.07) is 9.26. The van der Waals surface area contributed by atoms with E-state index < -0.39 is 11.6 Å². The molecule has 0 aromatic heterocycles. The Hall–Kier alpha value is -2.90. The Balaban J connectivity index is 1.30. The smallest absolute Gasteiger partial charge is 0.325 e. The minimum atomic E-state index is -1.01. The van der Waals surface area contributed by atoms with Gasteiger partial charge in [0.25, 0.3) is 5.91 Å². The lowest BCUT2D eigenvalue weighted by molar-refractivity contribution is -0.142. The summed E-state index contributed by atoms with van der Waals surface area (Å²) in [5.41, 5.74) is 0.0803. The van der Waals surface area contributed by atoms with E-state index in [1.165, 1.54) is 0 Å². The number of amides is 5. The molecule has 0 radical (unpaired) electrons. The Labute approximate surface area is 176 Å². The molecule has 1 aromatic rings. The van der Waals surface area contributed by atoms with Gasteiger partial charge in [-0.25, -0.2) is 4.79 Å². The van der Waals surface area contributed by atoms with E-state index in [1.54, 1.807) is 11.8 Å². The summed E-state index contributed by atoms with van der Waals surface area (Å²) in [6.07, 6.45) is 3.05. The number of benzene rings is 1. The Morgan fingerprint density at radius 3 is 2.30 bits per heavy atom. The van der Waals surface area contributed by atoms with Gasteiger partial charge in [-0.3, -0.25) is 19.3 Å². The Morgan fingerprint density at radius 1 is 1.03 bits per heavy atom. The third kappa shape index (κ3) is 4.17. The van der Waals surface area contributed by atoms with E-state index in [1.807, 2.05) is 35.2 Å². The molecule has 160 valence electrons. The molecule has 1 N–H and O–H groups in total. The number of imide groups is 1. The second-order valence-corrected chi connectivity index (χ2v) is 8.62. The number of rotatable bonds is 6. The standard InChI is InChI=1S/C22H28N4O4/c1-22(10-9-16-5-3-2-4-6-16)20(29)26(21(30)23-22)15-18(27)24-11-13-25(14-12-24)19(28)17-7-8-17/h2-6,17H,7-15H2,1H3,(H,23,30)/t22-/m1/s1. The highest BCUT2D eigenvalue weighted by Gasteiger charge is 2.48. The van der Waals surface area contributed by atoms with Gasteiger partial charge in [0.15, 0.2) is 0 Å². The van der Waals surface area contributed by atoms with Crippen LogP contribution in [0.15, 0.2) is 30.3 Å². The van der Waals surface area contributed by atoms with Gasteiger partial charge in [-0.05, 0) is 38.2 Å². The molecule has 1 aliphatic carbocycles. The predicted molar refractivity (Wildman–Crippen MR) is 109 cm³/mol. The molecule has 4 rings (SSSR count). The van der Waals surface area contributed by atoms with Crippen molar-refractivity contribution in [1.82, 2.24) is 20.0 Å². The molecular weight excluding hydrogens is 384 g/mol. The second-order valence-electron chi connectivity index (χ2n) is 8.62. The highest BCUT2D eigenvalue weighted by atomic mass is 16.2. The number of hydrogen-bond acceptors (Lipinski definition) is 4. The van der Waals surface area contributed by atoms with E-state index in [0.717, 1.165) is 23.3 Å². The molecule has 1 atom stereocenters. The first-order chi connectivity index (χ1) is 14.4. The second kappa shape index (κ2) is 8.08. The average molecular weight is 412 g/mol. The molecule has 3 aliphatic rings. The molecule has 8 nitrogen and oxygen atoms in total. The third-order valence-corrected chi connectivity index (χ3v) is 6.27. The number of hydrogen-bond donors (Lipinski definition) is 1. The minimum Gasteiger partial charge on any atom is -0.339 e. The van der Waals surface area contributed by atoms with Crippen LogP contribution in [0.3, 0.4) is 0 Å². The van der Waals surface area contributed by atoms with E-state index in [2.05, 4.69) is 5.32 Å². The molecule has 2 heterocycles. The van der Waals surface area contributed by atoms with Crippen molar-refractivity contribution < 1.29 is 19.2 Å². The quantitative estimate of drug-likeness (QED) is 0.706. The highest BCUT2D eigenvalue weighted by Crippen LogP contribution is 2.31. The van der Waals surface area contributed by atoms with Gasteiger partial charge in [0.05, 0.1) is 0 Å². The molecule has 0 unspecified atom stereocenters. The fourth-order valence-corrected chi connectivity index (χ4v) is 4.10. The first-order valence-electron chi connectivity index (χ1n) is 10.6. The molecule has 5 amide bonds. The summed E-state index contributed by atoms with van der Waals surface area (Å²) in [4.78, 5) is 54.7. The first kappa shape index (κ1) is 20.4. The van der Waals surface area contributed by atoms with Crippen LogP contribution in [-0.4, -0.2) is 76.7 Å². The monoisotopic (exact) mass is 412 g/mol. The first-order valence-corrected chi connectivity index (χ1v) is 10.6. The third-order valence-electron chi connectivity index (χ3n) is 6.27. The van der Waals surface area contributed by atoms with Gasteiger partial charge < -0.3 is 15.1 Å². The van der Waals surface area contributed by atoms with E-state index in [-0.39, 0.29) is 30.2 Å². The van der Waals surface area contributed by atoms with Gasteiger partial charge in [0.1, 0.15) is 12.1 Å². The van der Waals surface area contributed by atoms with Crippen LogP contribution < -0.4 is 5.32 Å². The van der Waals surface area contributed by atoms with Gasteiger partial charge in [0, 0.05) is 32.1 Å². The van der Waals surface area contributed by atoms with Gasteiger partial charge in [0.2, 0.25) is 11.8 Å². The summed E-state index contributed by atoms with van der Waals surface area (Å²) in [7, 11) is 0. The molecular formula is C22H28N4O4. The zero-order valence-electron chi connectivity index (χ0n) is 17.3. The maximum absolute atomic E-state index is 12.9. The molecule has 8 heteroatoms. The van der Waals surface area contributed by atoms with Crippen LogP contribution in [0.5, 0.6) is 0 Å². The van der Waals surface area contributed by atoms with Crippen LogP contribution in [0, 0.1) is 5.92 Å². The Morgan fingerprint density at radius 2 is 1.67 bits per heavy atom. The molecule has 30 heavy (non-hydrogen) atoms. The minimum absolute atomic E-state index is 0.173. The van der Waals surface area contributed by atoms with Crippen LogP contribution >= 0.6 is 0 Å². The van der Waals surface area contributed by atoms with Crippen molar-refractivity contribution in [2.45, 2.75) is 38.1 Å². The van der Waals surface area contributed by atoms with E-state index >= 15 is 0 Å². The van der Waals surface area contributed by atoms with Crippen LogP contribution in [0.25, 0.3) is 0 Å². The van der Waals surface area contributed by atoms with E-state index in [0.29, 0.717) is 39.0 Å². The Kier molecular flexibility index (Phi) is 5.49. The zero-order valence-corrected chi connectivity index (χ0v) is 17.3. The summed E-state index contributed by atoms with van der Waals surface area (Å²) in [5, 5.41) is 2.76. The average Bonchev–Trinajstić information content (AvgIpc) is 3.58. The fraction of sp³-hybridized carbons (Fsp3) is 0.545. The van der Waals surface area contributed by atoms with Gasteiger partial charge in [-0.2, -0.15) is 0 Å². The lowest BCUT2D eigenvalue weighted by atomic mass is 9.93. The number of urea groups is 1. The Bertz CT molecular complexity index is 846. The summed E-state index contributed by atoms with van der Waals surface area (Å²) in [6.45, 7) is 3.34. The SMILES string of the molecule is C[C@]1(CCc2ccccc2)NC(=O)N(CC(=O)N2CCN(C(=O)C3CC3)CC2)C1=O. The van der Waals surface area contributed by atoms with Crippen molar-refractivity contribution in [2.75, 3.05) is 32.7 Å². The van der Waals surface area contributed by atoms with E-state index in [4.69, 9.17) is 0 Å². The maximum atomic E-state index is 12.9. The van der Waals surface area contributed by atoms with E-state index in [9.17, 15) is 19.2 Å². The van der Waals surface area contributed by atoms with Gasteiger partial charge >= 0.3 is 6.03 Å². The molecule has 1 saturated carbocycles. The fourth-order valence-electron chi connectivity index (χ4n) is 4.10. The van der Waals surface area contributed by atoms with Gasteiger partial charge in [-0.1, -0.05) is 30.3 Å². The molecule has 2 aliphatic heterocycles. The normalized spacial score (nSPS) is 24.2. The van der Waals surface area contributed by atoms with Crippen molar-refractivity contribution in [3.63, 3.8) is 0 Å². The molecule has 0 spiro atoms. The number of carbonyl (C=O) groups excluding carboxylic acids is 4. The molecule has 2 saturated heterocycles. The van der Waals surface area contributed by atoms with Crippen molar-refractivity contribution >= 4 is 23.8 Å². The number of aryl methyl sites for hydroxylation is 1. The topological polar surface area (TPSA) is 90.0 Å². The van der Waals surface area contributed by atoms with Crippen LogP contribution in [-0.2, 0) is 20.8 Å². The molecule has 3 fully saturated rings. The summed E-state index contributed by atoms with van der Waals surface area (Å²) >= 11 is 0. The largest absolute Gasteiger partial charge is 0.339 e. The summed E-state index contributed by atoms with van der Waals surface area (Å²) in [5.74, 6) is -0.263. The number of nitrogens with zero attached hydrogens (tertiary/aromatic N) is 3. The predicted octanol–water partition coefficient (Wildman–Crippen LogP) is 1.01. The van der Waals surface area contributed by atoms with Gasteiger partial charge in [-0.15, -0.1) is 0 Å². The van der Waals surface area contributed by atoms with Crippen LogP contribution in [0.1, 0.15) is 31.7 Å². The maximum Gasteiger partial charge on any atom is 0.325 e. The number of piperazine rings is 1. The van der Waals surface area contributed by atoms with Crippen molar-refractivity contribution in [3.05, 3.63) is 35.9 Å². The summed E-state index contributed by atoms with van der Waals surface area (Å²) < 4.78 is 0. The number of carbonyl (C=O) groups is 4.